The maximum atomic E-state index is 11.6. The highest BCUT2D eigenvalue weighted by Crippen LogP contribution is 2.20. The Hall–Kier alpha value is -2.64. The maximum Gasteiger partial charge on any atom is 0.419 e. The number of nitro groups is 1. The molecule has 0 aliphatic carbocycles. The van der Waals surface area contributed by atoms with E-state index in [1.807, 2.05) is 0 Å². The number of carboxylic acids is 1. The third-order valence-electron chi connectivity index (χ3n) is 2.74. The van der Waals surface area contributed by atoms with Gasteiger partial charge < -0.3 is 9.52 Å². The number of benzene rings is 1. The first-order valence-electron chi connectivity index (χ1n) is 5.40. The van der Waals surface area contributed by atoms with Gasteiger partial charge in [-0.25, -0.2) is 4.79 Å². The molecule has 0 fully saturated rings. The fraction of sp³-hybridized carbons (Fsp3) is 0.273. The molecule has 0 amide bonds. The summed E-state index contributed by atoms with van der Waals surface area (Å²) >= 11 is 0. The largest absolute Gasteiger partial charge is 0.481 e. The van der Waals surface area contributed by atoms with Crippen molar-refractivity contribution in [2.75, 3.05) is 0 Å². The summed E-state index contributed by atoms with van der Waals surface area (Å²) in [4.78, 5) is 32.5. The number of aromatic nitrogens is 1. The Bertz CT molecular complexity index is 714. The molecule has 8 nitrogen and oxygen atoms in total. The molecular weight excluding hydrogens is 256 g/mol. The fourth-order valence-electron chi connectivity index (χ4n) is 1.69. The SMILES string of the molecule is CC(Cn1c(=O)oc2ccc([N+](=O)[O-])cc21)C(=O)O. The first-order chi connectivity index (χ1) is 8.90. The van der Waals surface area contributed by atoms with Crippen LogP contribution >= 0.6 is 0 Å². The molecule has 0 spiro atoms. The number of nitro benzene ring substituents is 1. The molecule has 0 aliphatic heterocycles. The summed E-state index contributed by atoms with van der Waals surface area (Å²) in [6.07, 6.45) is 0. The summed E-state index contributed by atoms with van der Waals surface area (Å²) in [6.45, 7) is 1.33. The van der Waals surface area contributed by atoms with Crippen molar-refractivity contribution in [2.24, 2.45) is 5.92 Å². The Balaban J connectivity index is 2.56. The zero-order valence-corrected chi connectivity index (χ0v) is 9.90. The smallest absolute Gasteiger partial charge is 0.419 e. The highest BCUT2D eigenvalue weighted by Gasteiger charge is 2.18. The molecule has 0 saturated heterocycles. The summed E-state index contributed by atoms with van der Waals surface area (Å²) in [7, 11) is 0. The van der Waals surface area contributed by atoms with Crippen molar-refractivity contribution in [2.45, 2.75) is 13.5 Å². The van der Waals surface area contributed by atoms with E-state index in [0.717, 1.165) is 4.57 Å². The number of carbonyl (C=O) groups is 1. The van der Waals surface area contributed by atoms with E-state index in [1.54, 1.807) is 0 Å². The predicted octanol–water partition coefficient (Wildman–Crippen LogP) is 1.22. The summed E-state index contributed by atoms with van der Waals surface area (Å²) in [5.74, 6) is -2.60. The topological polar surface area (TPSA) is 116 Å². The molecular formula is C11H10N2O6. The van der Waals surface area contributed by atoms with Crippen molar-refractivity contribution in [3.8, 4) is 0 Å². The Morgan fingerprint density at radius 1 is 1.58 bits per heavy atom. The lowest BCUT2D eigenvalue weighted by Gasteiger charge is -2.06. The second kappa shape index (κ2) is 4.56. The van der Waals surface area contributed by atoms with Gasteiger partial charge in [0, 0.05) is 18.7 Å². The number of non-ortho nitro benzene ring substituents is 1. The lowest BCUT2D eigenvalue weighted by atomic mass is 10.2. The predicted molar refractivity (Wildman–Crippen MR) is 63.9 cm³/mol. The Morgan fingerprint density at radius 2 is 2.26 bits per heavy atom. The van der Waals surface area contributed by atoms with Gasteiger partial charge in [0.15, 0.2) is 5.58 Å². The third kappa shape index (κ3) is 2.32. The Morgan fingerprint density at radius 3 is 2.84 bits per heavy atom. The van der Waals surface area contributed by atoms with E-state index >= 15 is 0 Å². The fourth-order valence-corrected chi connectivity index (χ4v) is 1.69. The van der Waals surface area contributed by atoms with Crippen LogP contribution in [0.3, 0.4) is 0 Å². The van der Waals surface area contributed by atoms with Crippen LogP contribution < -0.4 is 5.76 Å². The quantitative estimate of drug-likeness (QED) is 0.657. The van der Waals surface area contributed by atoms with E-state index in [4.69, 9.17) is 9.52 Å². The third-order valence-corrected chi connectivity index (χ3v) is 2.74. The molecule has 0 bridgehead atoms. The monoisotopic (exact) mass is 266 g/mol. The van der Waals surface area contributed by atoms with Crippen molar-refractivity contribution >= 4 is 22.8 Å². The van der Waals surface area contributed by atoms with Crippen LogP contribution in [0.4, 0.5) is 5.69 Å². The van der Waals surface area contributed by atoms with Crippen LogP contribution in [-0.4, -0.2) is 20.6 Å². The van der Waals surface area contributed by atoms with Crippen LogP contribution in [0.1, 0.15) is 6.92 Å². The molecule has 100 valence electrons. The van der Waals surface area contributed by atoms with Crippen molar-refractivity contribution in [3.05, 3.63) is 38.9 Å². The molecule has 8 heteroatoms. The van der Waals surface area contributed by atoms with Crippen molar-refractivity contribution in [1.29, 1.82) is 0 Å². The van der Waals surface area contributed by atoms with E-state index in [2.05, 4.69) is 0 Å². The number of fused-ring (bicyclic) bond motifs is 1. The van der Waals surface area contributed by atoms with Gasteiger partial charge >= 0.3 is 11.7 Å². The van der Waals surface area contributed by atoms with Gasteiger partial charge in [-0.1, -0.05) is 6.92 Å². The van der Waals surface area contributed by atoms with Crippen molar-refractivity contribution in [1.82, 2.24) is 4.57 Å². The average molecular weight is 266 g/mol. The zero-order chi connectivity index (χ0) is 14.2. The van der Waals surface area contributed by atoms with E-state index in [-0.39, 0.29) is 23.3 Å². The van der Waals surface area contributed by atoms with E-state index in [1.165, 1.54) is 25.1 Å². The van der Waals surface area contributed by atoms with Crippen LogP contribution in [0, 0.1) is 16.0 Å². The lowest BCUT2D eigenvalue weighted by Crippen LogP contribution is -2.23. The van der Waals surface area contributed by atoms with Crippen molar-refractivity contribution in [3.63, 3.8) is 0 Å². The van der Waals surface area contributed by atoms with Gasteiger partial charge in [0.2, 0.25) is 0 Å². The van der Waals surface area contributed by atoms with Gasteiger partial charge in [0.25, 0.3) is 5.69 Å². The number of nitrogens with zero attached hydrogens (tertiary/aromatic N) is 2. The molecule has 0 radical (unpaired) electrons. The first-order valence-corrected chi connectivity index (χ1v) is 5.40. The van der Waals surface area contributed by atoms with Gasteiger partial charge in [-0.3, -0.25) is 19.5 Å². The molecule has 1 unspecified atom stereocenters. The summed E-state index contributed by atoms with van der Waals surface area (Å²) in [5, 5.41) is 19.5. The molecule has 1 heterocycles. The molecule has 2 rings (SSSR count). The zero-order valence-electron chi connectivity index (χ0n) is 9.90. The van der Waals surface area contributed by atoms with Crippen LogP contribution in [0.2, 0.25) is 0 Å². The molecule has 2 aromatic rings. The average Bonchev–Trinajstić information content (AvgIpc) is 2.65. The second-order valence-electron chi connectivity index (χ2n) is 4.13. The Kier molecular flexibility index (Phi) is 3.07. The van der Waals surface area contributed by atoms with Crippen LogP contribution in [0.5, 0.6) is 0 Å². The number of oxazole rings is 1. The minimum Gasteiger partial charge on any atom is -0.481 e. The molecule has 19 heavy (non-hydrogen) atoms. The standard InChI is InChI=1S/C11H10N2O6/c1-6(10(14)15)5-12-8-4-7(13(17)18)2-3-9(8)19-11(12)16/h2-4,6H,5H2,1H3,(H,14,15). The number of rotatable bonds is 4. The minimum atomic E-state index is -1.06. The number of carboxylic acid groups (broad SMARTS) is 1. The lowest BCUT2D eigenvalue weighted by molar-refractivity contribution is -0.384. The van der Waals surface area contributed by atoms with Crippen molar-refractivity contribution < 1.29 is 19.2 Å². The number of aliphatic carboxylic acids is 1. The van der Waals surface area contributed by atoms with Crippen LogP contribution in [-0.2, 0) is 11.3 Å². The highest BCUT2D eigenvalue weighted by molar-refractivity contribution is 5.76. The van der Waals surface area contributed by atoms with E-state index in [0.29, 0.717) is 0 Å². The second-order valence-corrected chi connectivity index (χ2v) is 4.13. The minimum absolute atomic E-state index is 0.109. The van der Waals surface area contributed by atoms with Gasteiger partial charge in [-0.2, -0.15) is 0 Å². The normalized spacial score (nSPS) is 12.5. The molecule has 1 aromatic carbocycles. The molecule has 1 N–H and O–H groups in total. The van der Waals surface area contributed by atoms with E-state index in [9.17, 15) is 19.7 Å². The molecule has 0 saturated carbocycles. The summed E-state index contributed by atoms with van der Waals surface area (Å²) in [5.41, 5.74) is 0.213. The van der Waals surface area contributed by atoms with Gasteiger partial charge in [-0.05, 0) is 6.07 Å². The highest BCUT2D eigenvalue weighted by atomic mass is 16.6. The molecule has 1 atom stereocenters. The summed E-state index contributed by atoms with van der Waals surface area (Å²) in [6, 6.07) is 3.72. The first kappa shape index (κ1) is 12.8. The van der Waals surface area contributed by atoms with Gasteiger partial charge in [0.05, 0.1) is 16.4 Å². The van der Waals surface area contributed by atoms with Crippen LogP contribution in [0.15, 0.2) is 27.4 Å². The van der Waals surface area contributed by atoms with Gasteiger partial charge in [-0.15, -0.1) is 0 Å². The number of hydrogen-bond acceptors (Lipinski definition) is 5. The van der Waals surface area contributed by atoms with E-state index < -0.39 is 22.6 Å². The maximum absolute atomic E-state index is 11.6. The number of hydrogen-bond donors (Lipinski definition) is 1. The molecule has 0 aliphatic rings. The Labute approximate surface area is 106 Å². The van der Waals surface area contributed by atoms with Crippen LogP contribution in [0.25, 0.3) is 11.1 Å². The summed E-state index contributed by atoms with van der Waals surface area (Å²) < 4.78 is 5.99. The van der Waals surface area contributed by atoms with Gasteiger partial charge in [0.1, 0.15) is 0 Å². The molecule has 1 aromatic heterocycles.